The molecule has 6 nitrogen and oxygen atoms in total. The summed E-state index contributed by atoms with van der Waals surface area (Å²) in [6.07, 6.45) is -5.54. The van der Waals surface area contributed by atoms with E-state index in [0.717, 1.165) is 17.7 Å². The van der Waals surface area contributed by atoms with Crippen molar-refractivity contribution in [2.45, 2.75) is 19.1 Å². The van der Waals surface area contributed by atoms with Gasteiger partial charge in [0.25, 0.3) is 5.91 Å². The Labute approximate surface area is 186 Å². The zero-order valence-corrected chi connectivity index (χ0v) is 18.2. The molecule has 0 aliphatic rings. The van der Waals surface area contributed by atoms with E-state index in [1.54, 1.807) is 19.0 Å². The lowest BCUT2D eigenvalue weighted by molar-refractivity contribution is -0.138. The van der Waals surface area contributed by atoms with Crippen molar-refractivity contribution in [3.63, 3.8) is 0 Å². The second kappa shape index (κ2) is 8.84. The van der Waals surface area contributed by atoms with Crippen LogP contribution in [0, 0.1) is 0 Å². The molecule has 0 unspecified atom stereocenters. The van der Waals surface area contributed by atoms with Gasteiger partial charge in [-0.25, -0.2) is 0 Å². The number of fused-ring (bicyclic) bond motifs is 1. The number of carbonyl (C=O) groups excluding carboxylic acids is 1. The second-order valence-electron chi connectivity index (χ2n) is 7.42. The number of carboxylic acid groups (broad SMARTS) is 1. The Morgan fingerprint density at radius 2 is 1.75 bits per heavy atom. The number of nitrogens with zero attached hydrogens (tertiary/aromatic N) is 2. The monoisotopic (exact) mass is 468 g/mol. The van der Waals surface area contributed by atoms with E-state index in [0.29, 0.717) is 5.02 Å². The van der Waals surface area contributed by atoms with Crippen LogP contribution in [-0.4, -0.2) is 47.7 Å². The highest BCUT2D eigenvalue weighted by molar-refractivity contribution is 6.30. The van der Waals surface area contributed by atoms with Gasteiger partial charge in [-0.3, -0.25) is 14.2 Å². The number of aromatic nitrogens is 1. The Morgan fingerprint density at radius 3 is 2.25 bits per heavy atom. The molecule has 0 aliphatic carbocycles. The molecule has 0 bridgehead atoms. The fraction of sp³-hybridized carbons (Fsp3) is 0.273. The highest BCUT2D eigenvalue weighted by atomic mass is 35.5. The molecule has 3 rings (SSSR count). The summed E-state index contributed by atoms with van der Waals surface area (Å²) >= 11 is 5.89. The smallest absolute Gasteiger partial charge is 0.420 e. The second-order valence-corrected chi connectivity index (χ2v) is 7.85. The number of hydrogen-bond acceptors (Lipinski definition) is 4. The Hall–Kier alpha value is -3.04. The van der Waals surface area contributed by atoms with E-state index >= 15 is 0 Å². The van der Waals surface area contributed by atoms with Gasteiger partial charge in [0.15, 0.2) is 0 Å². The summed E-state index contributed by atoms with van der Waals surface area (Å²) < 4.78 is 48.4. The number of ether oxygens (including phenoxy) is 1. The van der Waals surface area contributed by atoms with Crippen molar-refractivity contribution in [3.8, 4) is 5.75 Å². The quantitative estimate of drug-likeness (QED) is 0.568. The SMILES string of the molecule is COc1ccc2c(c(CC(=O)O)c(CN(C)C)n2C(=O)c2ccc(Cl)cc2)c1C(F)(F)F. The number of methoxy groups -OCH3 is 1. The van der Waals surface area contributed by atoms with Gasteiger partial charge < -0.3 is 14.7 Å². The maximum Gasteiger partial charge on any atom is 0.420 e. The number of halogens is 4. The number of aliphatic carboxylic acids is 1. The van der Waals surface area contributed by atoms with Gasteiger partial charge >= 0.3 is 12.1 Å². The summed E-state index contributed by atoms with van der Waals surface area (Å²) in [5, 5.41) is 9.49. The fourth-order valence-electron chi connectivity index (χ4n) is 3.70. The minimum Gasteiger partial charge on any atom is -0.496 e. The third-order valence-corrected chi connectivity index (χ3v) is 5.15. The van der Waals surface area contributed by atoms with Gasteiger partial charge in [-0.15, -0.1) is 0 Å². The fourth-order valence-corrected chi connectivity index (χ4v) is 3.83. The molecule has 170 valence electrons. The van der Waals surface area contributed by atoms with Gasteiger partial charge in [0.2, 0.25) is 0 Å². The summed E-state index contributed by atoms with van der Waals surface area (Å²) in [6, 6.07) is 8.37. The predicted octanol–water partition coefficient (Wildman–Crippen LogP) is 4.70. The molecular formula is C22H20ClF3N2O4. The van der Waals surface area contributed by atoms with Gasteiger partial charge in [0, 0.05) is 28.2 Å². The van der Waals surface area contributed by atoms with Crippen LogP contribution in [0.2, 0.25) is 5.02 Å². The number of carbonyl (C=O) groups is 2. The van der Waals surface area contributed by atoms with E-state index < -0.39 is 35.8 Å². The van der Waals surface area contributed by atoms with Crippen molar-refractivity contribution in [2.24, 2.45) is 0 Å². The topological polar surface area (TPSA) is 71.8 Å². The third-order valence-electron chi connectivity index (χ3n) is 4.90. The van der Waals surface area contributed by atoms with Crippen LogP contribution < -0.4 is 4.74 Å². The molecule has 0 saturated heterocycles. The molecule has 0 radical (unpaired) electrons. The van der Waals surface area contributed by atoms with E-state index in [-0.39, 0.29) is 34.3 Å². The number of benzene rings is 2. The van der Waals surface area contributed by atoms with Crippen molar-refractivity contribution in [2.75, 3.05) is 21.2 Å². The van der Waals surface area contributed by atoms with Crippen LogP contribution >= 0.6 is 11.6 Å². The largest absolute Gasteiger partial charge is 0.496 e. The highest BCUT2D eigenvalue weighted by Gasteiger charge is 2.40. The average molecular weight is 469 g/mol. The lowest BCUT2D eigenvalue weighted by Gasteiger charge is -2.15. The number of hydrogen-bond donors (Lipinski definition) is 1. The van der Waals surface area contributed by atoms with Crippen LogP contribution in [0.3, 0.4) is 0 Å². The summed E-state index contributed by atoms with van der Waals surface area (Å²) in [5.74, 6) is -2.37. The van der Waals surface area contributed by atoms with E-state index in [1.807, 2.05) is 0 Å². The summed E-state index contributed by atoms with van der Waals surface area (Å²) in [6.45, 7) is 0.0379. The Bertz CT molecular complexity index is 1180. The third kappa shape index (κ3) is 4.44. The first-order chi connectivity index (χ1) is 15.0. The molecule has 0 atom stereocenters. The standard InChI is InChI=1S/C22H20ClF3N2O4/c1-27(2)11-16-14(10-18(29)30)19-15(8-9-17(32-3)20(19)22(24,25)26)28(16)21(31)12-4-6-13(23)7-5-12/h4-9H,10-11H2,1-3H3,(H,29,30). The first-order valence-corrected chi connectivity index (χ1v) is 9.80. The first-order valence-electron chi connectivity index (χ1n) is 9.42. The van der Waals surface area contributed by atoms with Gasteiger partial charge in [-0.1, -0.05) is 11.6 Å². The van der Waals surface area contributed by atoms with Gasteiger partial charge in [-0.05, 0) is 56.1 Å². The van der Waals surface area contributed by atoms with E-state index in [1.165, 1.54) is 30.3 Å². The number of alkyl halides is 3. The van der Waals surface area contributed by atoms with Crippen molar-refractivity contribution in [3.05, 3.63) is 63.8 Å². The number of carboxylic acids is 1. The molecule has 32 heavy (non-hydrogen) atoms. The Balaban J connectivity index is 2.48. The minimum atomic E-state index is -4.84. The molecule has 1 heterocycles. The van der Waals surface area contributed by atoms with Gasteiger partial charge in [0.1, 0.15) is 11.3 Å². The zero-order valence-electron chi connectivity index (χ0n) is 17.5. The van der Waals surface area contributed by atoms with E-state index in [2.05, 4.69) is 0 Å². The van der Waals surface area contributed by atoms with Gasteiger partial charge in [-0.2, -0.15) is 13.2 Å². The maximum absolute atomic E-state index is 14.1. The average Bonchev–Trinajstić information content (AvgIpc) is 2.98. The van der Waals surface area contributed by atoms with Gasteiger partial charge in [0.05, 0.1) is 19.0 Å². The molecule has 0 aliphatic heterocycles. The van der Waals surface area contributed by atoms with Crippen LogP contribution in [0.25, 0.3) is 10.9 Å². The molecule has 0 amide bonds. The first kappa shape index (κ1) is 23.6. The van der Waals surface area contributed by atoms with Crippen LogP contribution in [0.1, 0.15) is 27.2 Å². The Morgan fingerprint density at radius 1 is 1.12 bits per heavy atom. The molecule has 3 aromatic rings. The lowest BCUT2D eigenvalue weighted by atomic mass is 10.0. The Kier molecular flexibility index (Phi) is 6.52. The normalized spacial score (nSPS) is 11.9. The predicted molar refractivity (Wildman–Crippen MR) is 113 cm³/mol. The van der Waals surface area contributed by atoms with E-state index in [9.17, 15) is 27.9 Å². The molecule has 0 spiro atoms. The van der Waals surface area contributed by atoms with Crippen molar-refractivity contribution in [1.82, 2.24) is 9.47 Å². The zero-order chi connectivity index (χ0) is 23.8. The highest BCUT2D eigenvalue weighted by Crippen LogP contribution is 2.44. The lowest BCUT2D eigenvalue weighted by Crippen LogP contribution is -2.21. The maximum atomic E-state index is 14.1. The molecular weight excluding hydrogens is 449 g/mol. The molecule has 10 heteroatoms. The summed E-state index contributed by atoms with van der Waals surface area (Å²) in [4.78, 5) is 26.7. The van der Waals surface area contributed by atoms with Crippen LogP contribution in [0.15, 0.2) is 36.4 Å². The molecule has 1 aromatic heterocycles. The van der Waals surface area contributed by atoms with Crippen molar-refractivity contribution < 1.29 is 32.6 Å². The molecule has 0 saturated carbocycles. The summed E-state index contributed by atoms with van der Waals surface area (Å²) in [5.41, 5.74) is -0.902. The van der Waals surface area contributed by atoms with E-state index in [4.69, 9.17) is 16.3 Å². The molecule has 1 N–H and O–H groups in total. The minimum absolute atomic E-state index is 0.0379. The van der Waals surface area contributed by atoms with Crippen molar-refractivity contribution in [1.29, 1.82) is 0 Å². The number of rotatable bonds is 6. The molecule has 0 fully saturated rings. The van der Waals surface area contributed by atoms with Crippen LogP contribution in [-0.2, 0) is 23.9 Å². The van der Waals surface area contributed by atoms with Crippen molar-refractivity contribution >= 4 is 34.4 Å². The summed E-state index contributed by atoms with van der Waals surface area (Å²) in [7, 11) is 4.44. The van der Waals surface area contributed by atoms with Crippen LogP contribution in [0.5, 0.6) is 5.75 Å². The molecule has 2 aromatic carbocycles. The van der Waals surface area contributed by atoms with Crippen LogP contribution in [0.4, 0.5) is 13.2 Å².